The van der Waals surface area contributed by atoms with Crippen molar-refractivity contribution in [2.45, 2.75) is 4.90 Å². The molecule has 0 amide bonds. The van der Waals surface area contributed by atoms with Crippen molar-refractivity contribution in [2.75, 3.05) is 19.0 Å². The molecule has 0 saturated heterocycles. The zero-order valence-electron chi connectivity index (χ0n) is 10.1. The standard InChI is InChI=1S/C12H13NO2S.Na/c1-13(2)11-7-3-6-10-9(11)5-4-8-12(10)16(14)15;/h3-8H,1-2H3,(H,14,15);/p-1. The van der Waals surface area contributed by atoms with Crippen LogP contribution in [0.25, 0.3) is 10.8 Å². The molecule has 0 heterocycles. The van der Waals surface area contributed by atoms with Gasteiger partial charge in [-0.05, 0) is 28.6 Å². The fourth-order valence-corrected chi connectivity index (χ4v) is 2.35. The zero-order chi connectivity index (χ0) is 11.7. The minimum Gasteiger partial charge on any atom is -0.768 e. The quantitative estimate of drug-likeness (QED) is 0.608. The van der Waals surface area contributed by atoms with Crippen molar-refractivity contribution in [1.82, 2.24) is 0 Å². The summed E-state index contributed by atoms with van der Waals surface area (Å²) in [5.74, 6) is 0. The van der Waals surface area contributed by atoms with E-state index in [2.05, 4.69) is 0 Å². The molecule has 0 aliphatic carbocycles. The van der Waals surface area contributed by atoms with Gasteiger partial charge in [0.2, 0.25) is 0 Å². The third-order valence-corrected chi connectivity index (χ3v) is 3.24. The summed E-state index contributed by atoms with van der Waals surface area (Å²) >= 11 is -2.19. The molecule has 2 rings (SSSR count). The first-order valence-electron chi connectivity index (χ1n) is 4.89. The van der Waals surface area contributed by atoms with Gasteiger partial charge >= 0.3 is 0 Å². The van der Waals surface area contributed by atoms with Crippen LogP contribution in [0.1, 0.15) is 0 Å². The Morgan fingerprint density at radius 2 is 1.65 bits per heavy atom. The molecule has 0 spiro atoms. The molecule has 0 N–H and O–H groups in total. The summed E-state index contributed by atoms with van der Waals surface area (Å²) in [6, 6.07) is 11.0. The second-order valence-corrected chi connectivity index (χ2v) is 4.67. The first-order valence-corrected chi connectivity index (χ1v) is 5.97. The van der Waals surface area contributed by atoms with Crippen molar-refractivity contribution in [3.63, 3.8) is 0 Å². The van der Waals surface area contributed by atoms with Gasteiger partial charge in [-0.15, -0.1) is 0 Å². The Bertz CT molecular complexity index is 557. The van der Waals surface area contributed by atoms with Crippen LogP contribution in [0, 0.1) is 0 Å². The number of benzene rings is 2. The first kappa shape index (κ1) is 14.7. The fraction of sp³-hybridized carbons (Fsp3) is 0.167. The molecule has 5 heteroatoms. The first-order chi connectivity index (χ1) is 7.61. The van der Waals surface area contributed by atoms with Crippen molar-refractivity contribution in [2.24, 2.45) is 0 Å². The van der Waals surface area contributed by atoms with Gasteiger partial charge in [-0.1, -0.05) is 24.3 Å². The molecule has 0 bridgehead atoms. The maximum Gasteiger partial charge on any atom is 0.0441 e. The average Bonchev–Trinajstić information content (AvgIpc) is 2.27. The molecule has 2 aromatic rings. The summed E-state index contributed by atoms with van der Waals surface area (Å²) in [5.41, 5.74) is 1.02. The molecule has 0 aromatic heterocycles. The van der Waals surface area contributed by atoms with Gasteiger partial charge in [-0.25, -0.2) is 0 Å². The predicted octanol–water partition coefficient (Wildman–Crippen LogP) is 1.76. The summed E-state index contributed by atoms with van der Waals surface area (Å²) in [7, 11) is 3.88. The molecule has 1 unspecified atom stereocenters. The Balaban J connectivity index is 0.00000144. The smallest absolute Gasteiger partial charge is 0.0441 e. The number of fused-ring (bicyclic) bond motifs is 1. The topological polar surface area (TPSA) is 43.4 Å². The Kier molecular flexibility index (Phi) is 5.16. The van der Waals surface area contributed by atoms with Crippen molar-refractivity contribution < 1.29 is 8.76 Å². The molecule has 2 aromatic carbocycles. The molecule has 3 nitrogen and oxygen atoms in total. The van der Waals surface area contributed by atoms with E-state index < -0.39 is 11.1 Å². The SMILES string of the molecule is CN(C)c1cccc2c(S(=O)[O-])cccc12.[Na]. The van der Waals surface area contributed by atoms with Gasteiger partial charge in [0.25, 0.3) is 0 Å². The number of anilines is 1. The molecular formula is C12H12NNaO2S-. The summed E-state index contributed by atoms with van der Waals surface area (Å²) in [5, 5.41) is 1.72. The van der Waals surface area contributed by atoms with E-state index in [1.165, 1.54) is 0 Å². The Hall–Kier alpha value is -0.390. The van der Waals surface area contributed by atoms with Crippen LogP contribution in [0.2, 0.25) is 0 Å². The van der Waals surface area contributed by atoms with E-state index in [1.807, 2.05) is 43.3 Å². The number of rotatable bonds is 2. The largest absolute Gasteiger partial charge is 0.768 e. The minimum absolute atomic E-state index is 0. The average molecular weight is 257 g/mol. The maximum absolute atomic E-state index is 11.1. The van der Waals surface area contributed by atoms with Crippen molar-refractivity contribution in [3.8, 4) is 0 Å². The summed E-state index contributed by atoms with van der Waals surface area (Å²) in [6.45, 7) is 0. The van der Waals surface area contributed by atoms with Gasteiger partial charge < -0.3 is 9.45 Å². The Morgan fingerprint density at radius 1 is 1.06 bits per heavy atom. The van der Waals surface area contributed by atoms with Crippen LogP contribution in [-0.4, -0.2) is 52.4 Å². The summed E-state index contributed by atoms with van der Waals surface area (Å²) in [4.78, 5) is 2.32. The third kappa shape index (κ3) is 2.89. The van der Waals surface area contributed by atoms with Crippen LogP contribution in [0.5, 0.6) is 0 Å². The second kappa shape index (κ2) is 5.98. The van der Waals surface area contributed by atoms with Crippen molar-refractivity contribution >= 4 is 57.1 Å². The Labute approximate surface area is 125 Å². The molecule has 1 atom stereocenters. The van der Waals surface area contributed by atoms with E-state index in [0.29, 0.717) is 4.90 Å². The van der Waals surface area contributed by atoms with Gasteiger partial charge in [-0.3, -0.25) is 4.21 Å². The normalized spacial score (nSPS) is 11.9. The van der Waals surface area contributed by atoms with Crippen molar-refractivity contribution in [3.05, 3.63) is 36.4 Å². The van der Waals surface area contributed by atoms with Crippen LogP contribution in [-0.2, 0) is 11.1 Å². The van der Waals surface area contributed by atoms with E-state index in [-0.39, 0.29) is 29.6 Å². The molecule has 0 fully saturated rings. The van der Waals surface area contributed by atoms with E-state index in [1.54, 1.807) is 12.1 Å². The molecule has 0 aliphatic heterocycles. The van der Waals surface area contributed by atoms with E-state index in [4.69, 9.17) is 0 Å². The molecule has 0 saturated carbocycles. The van der Waals surface area contributed by atoms with Crippen LogP contribution < -0.4 is 4.90 Å². The monoisotopic (exact) mass is 257 g/mol. The van der Waals surface area contributed by atoms with Crippen LogP contribution in [0.4, 0.5) is 5.69 Å². The molecule has 0 aliphatic rings. The molecule has 1 radical (unpaired) electrons. The van der Waals surface area contributed by atoms with E-state index in [0.717, 1.165) is 16.5 Å². The third-order valence-electron chi connectivity index (χ3n) is 2.52. The number of nitrogens with zero attached hydrogens (tertiary/aromatic N) is 1. The van der Waals surface area contributed by atoms with Crippen molar-refractivity contribution in [1.29, 1.82) is 0 Å². The molecular weight excluding hydrogens is 245 g/mol. The van der Waals surface area contributed by atoms with Gasteiger partial charge in [0, 0.05) is 59.6 Å². The Morgan fingerprint density at radius 3 is 2.24 bits per heavy atom. The number of hydrogen-bond acceptors (Lipinski definition) is 3. The summed E-state index contributed by atoms with van der Waals surface area (Å²) in [6.07, 6.45) is 0. The zero-order valence-corrected chi connectivity index (χ0v) is 13.0. The van der Waals surface area contributed by atoms with Gasteiger partial charge in [0.15, 0.2) is 0 Å². The van der Waals surface area contributed by atoms with E-state index in [9.17, 15) is 8.76 Å². The van der Waals surface area contributed by atoms with E-state index >= 15 is 0 Å². The van der Waals surface area contributed by atoms with Gasteiger partial charge in [-0.2, -0.15) is 0 Å². The summed E-state index contributed by atoms with van der Waals surface area (Å²) < 4.78 is 22.2. The van der Waals surface area contributed by atoms with Crippen LogP contribution >= 0.6 is 0 Å². The molecule has 17 heavy (non-hydrogen) atoms. The fourth-order valence-electron chi connectivity index (χ4n) is 1.80. The minimum atomic E-state index is -2.19. The van der Waals surface area contributed by atoms with Crippen LogP contribution in [0.15, 0.2) is 41.3 Å². The predicted molar refractivity (Wildman–Crippen MR) is 71.2 cm³/mol. The molecule has 85 valence electrons. The number of hydrogen-bond donors (Lipinski definition) is 0. The van der Waals surface area contributed by atoms with Crippen LogP contribution in [0.3, 0.4) is 0 Å². The maximum atomic E-state index is 11.1. The van der Waals surface area contributed by atoms with Gasteiger partial charge in [0.1, 0.15) is 0 Å². The van der Waals surface area contributed by atoms with Gasteiger partial charge in [0.05, 0.1) is 0 Å². The second-order valence-electron chi connectivity index (χ2n) is 3.76.